The minimum absolute atomic E-state index is 0.0624. The van der Waals surface area contributed by atoms with E-state index in [1.807, 2.05) is 13.8 Å². The molecule has 19 heavy (non-hydrogen) atoms. The van der Waals surface area contributed by atoms with Crippen molar-refractivity contribution in [2.75, 3.05) is 19.8 Å². The molecule has 2 atom stereocenters. The Kier molecular flexibility index (Phi) is 6.75. The SMILES string of the molecule is CCOCC(C)OCCCC(C)(NC1CC1)C(=O)O. The summed E-state index contributed by atoms with van der Waals surface area (Å²) < 4.78 is 10.9. The summed E-state index contributed by atoms with van der Waals surface area (Å²) in [7, 11) is 0. The van der Waals surface area contributed by atoms with Gasteiger partial charge >= 0.3 is 5.97 Å². The standard InChI is InChI=1S/C14H27NO4/c1-4-18-10-11(2)19-9-5-8-14(3,13(16)17)15-12-6-7-12/h11-12,15H,4-10H2,1-3H3,(H,16,17). The maximum absolute atomic E-state index is 11.3. The molecular weight excluding hydrogens is 246 g/mol. The molecule has 0 radical (unpaired) electrons. The molecule has 0 amide bonds. The van der Waals surface area contributed by atoms with Crippen molar-refractivity contribution in [2.24, 2.45) is 0 Å². The van der Waals surface area contributed by atoms with Gasteiger partial charge in [0, 0.05) is 19.3 Å². The number of carboxylic acids is 1. The van der Waals surface area contributed by atoms with E-state index in [-0.39, 0.29) is 6.10 Å². The van der Waals surface area contributed by atoms with Crippen LogP contribution in [0.1, 0.15) is 46.5 Å². The molecule has 0 bridgehead atoms. The fourth-order valence-corrected chi connectivity index (χ4v) is 1.96. The summed E-state index contributed by atoms with van der Waals surface area (Å²) in [6.45, 7) is 7.53. The van der Waals surface area contributed by atoms with Gasteiger partial charge in [0.1, 0.15) is 5.54 Å². The highest BCUT2D eigenvalue weighted by Crippen LogP contribution is 2.25. The number of hydrogen-bond donors (Lipinski definition) is 2. The third-order valence-electron chi connectivity index (χ3n) is 3.35. The Morgan fingerprint density at radius 1 is 1.53 bits per heavy atom. The first-order chi connectivity index (χ1) is 8.98. The number of ether oxygens (including phenoxy) is 2. The number of aliphatic carboxylic acids is 1. The van der Waals surface area contributed by atoms with E-state index >= 15 is 0 Å². The van der Waals surface area contributed by atoms with Crippen LogP contribution in [0.15, 0.2) is 0 Å². The molecular formula is C14H27NO4. The molecule has 2 unspecified atom stereocenters. The fraction of sp³-hybridized carbons (Fsp3) is 0.929. The van der Waals surface area contributed by atoms with Gasteiger partial charge in [-0.1, -0.05) is 0 Å². The molecule has 1 aliphatic carbocycles. The van der Waals surface area contributed by atoms with Crippen molar-refractivity contribution in [3.8, 4) is 0 Å². The zero-order valence-corrected chi connectivity index (χ0v) is 12.3. The van der Waals surface area contributed by atoms with Gasteiger partial charge in [0.25, 0.3) is 0 Å². The molecule has 0 aliphatic heterocycles. The van der Waals surface area contributed by atoms with Gasteiger partial charge in [-0.3, -0.25) is 10.1 Å². The molecule has 1 saturated carbocycles. The largest absolute Gasteiger partial charge is 0.480 e. The third-order valence-corrected chi connectivity index (χ3v) is 3.35. The molecule has 1 aliphatic rings. The second-order valence-electron chi connectivity index (χ2n) is 5.50. The van der Waals surface area contributed by atoms with Crippen LogP contribution in [0.4, 0.5) is 0 Å². The molecule has 0 saturated heterocycles. The van der Waals surface area contributed by atoms with Gasteiger partial charge in [-0.05, 0) is 46.5 Å². The lowest BCUT2D eigenvalue weighted by molar-refractivity contribution is -0.144. The number of carbonyl (C=O) groups is 1. The summed E-state index contributed by atoms with van der Waals surface area (Å²) in [6, 6.07) is 0.388. The van der Waals surface area contributed by atoms with E-state index < -0.39 is 11.5 Å². The van der Waals surface area contributed by atoms with E-state index in [0.29, 0.717) is 32.3 Å². The van der Waals surface area contributed by atoms with Crippen molar-refractivity contribution in [1.82, 2.24) is 5.32 Å². The van der Waals surface area contributed by atoms with Crippen molar-refractivity contribution in [2.45, 2.75) is 64.1 Å². The summed E-state index contributed by atoms with van der Waals surface area (Å²) in [5.41, 5.74) is -0.826. The van der Waals surface area contributed by atoms with Crippen molar-refractivity contribution < 1.29 is 19.4 Å². The first-order valence-electron chi connectivity index (χ1n) is 7.18. The van der Waals surface area contributed by atoms with Crippen LogP contribution in [0.5, 0.6) is 0 Å². The van der Waals surface area contributed by atoms with Gasteiger partial charge in [0.2, 0.25) is 0 Å². The van der Waals surface area contributed by atoms with Crippen LogP contribution in [0.3, 0.4) is 0 Å². The van der Waals surface area contributed by atoms with Crippen LogP contribution < -0.4 is 5.32 Å². The van der Waals surface area contributed by atoms with E-state index in [1.165, 1.54) is 0 Å². The Labute approximate surface area is 115 Å². The van der Waals surface area contributed by atoms with Crippen LogP contribution in [0, 0.1) is 0 Å². The number of rotatable bonds is 11. The van der Waals surface area contributed by atoms with Crippen LogP contribution >= 0.6 is 0 Å². The molecule has 1 rings (SSSR count). The van der Waals surface area contributed by atoms with Crippen LogP contribution in [0.25, 0.3) is 0 Å². The lowest BCUT2D eigenvalue weighted by Crippen LogP contribution is -2.50. The zero-order valence-electron chi connectivity index (χ0n) is 12.3. The highest BCUT2D eigenvalue weighted by Gasteiger charge is 2.37. The van der Waals surface area contributed by atoms with Gasteiger partial charge in [-0.2, -0.15) is 0 Å². The van der Waals surface area contributed by atoms with Crippen molar-refractivity contribution in [3.63, 3.8) is 0 Å². The average molecular weight is 273 g/mol. The number of nitrogens with one attached hydrogen (secondary N) is 1. The van der Waals surface area contributed by atoms with Gasteiger partial charge in [-0.15, -0.1) is 0 Å². The van der Waals surface area contributed by atoms with E-state index in [1.54, 1.807) is 6.92 Å². The Hall–Kier alpha value is -0.650. The summed E-state index contributed by atoms with van der Waals surface area (Å²) in [6.07, 6.45) is 3.56. The number of carboxylic acid groups (broad SMARTS) is 1. The van der Waals surface area contributed by atoms with Crippen LogP contribution in [0.2, 0.25) is 0 Å². The maximum Gasteiger partial charge on any atom is 0.323 e. The first kappa shape index (κ1) is 16.4. The summed E-state index contributed by atoms with van der Waals surface area (Å²) in [4.78, 5) is 11.3. The molecule has 5 nitrogen and oxygen atoms in total. The molecule has 0 aromatic heterocycles. The molecule has 0 aromatic carbocycles. The van der Waals surface area contributed by atoms with Gasteiger partial charge < -0.3 is 14.6 Å². The molecule has 0 spiro atoms. The quantitative estimate of drug-likeness (QED) is 0.562. The van der Waals surface area contributed by atoms with Crippen molar-refractivity contribution in [3.05, 3.63) is 0 Å². The lowest BCUT2D eigenvalue weighted by atomic mass is 9.96. The molecule has 112 valence electrons. The van der Waals surface area contributed by atoms with Crippen LogP contribution in [-0.4, -0.2) is 48.6 Å². The topological polar surface area (TPSA) is 67.8 Å². The van der Waals surface area contributed by atoms with E-state index in [2.05, 4.69) is 5.32 Å². The third kappa shape index (κ3) is 6.36. The monoisotopic (exact) mass is 273 g/mol. The Bertz CT molecular complexity index is 281. The predicted octanol–water partition coefficient (Wildman–Crippen LogP) is 1.80. The second-order valence-corrected chi connectivity index (χ2v) is 5.50. The molecule has 0 aromatic rings. The number of hydrogen-bond acceptors (Lipinski definition) is 4. The van der Waals surface area contributed by atoms with Crippen molar-refractivity contribution in [1.29, 1.82) is 0 Å². The van der Waals surface area contributed by atoms with Gasteiger partial charge in [0.05, 0.1) is 12.7 Å². The minimum atomic E-state index is -0.826. The van der Waals surface area contributed by atoms with Crippen molar-refractivity contribution >= 4 is 5.97 Å². The van der Waals surface area contributed by atoms with Crippen LogP contribution in [-0.2, 0) is 14.3 Å². The van der Waals surface area contributed by atoms with E-state index in [9.17, 15) is 9.90 Å². The highest BCUT2D eigenvalue weighted by atomic mass is 16.5. The predicted molar refractivity (Wildman–Crippen MR) is 73.3 cm³/mol. The van der Waals surface area contributed by atoms with Gasteiger partial charge in [0.15, 0.2) is 0 Å². The normalized spacial score (nSPS) is 19.9. The maximum atomic E-state index is 11.3. The summed E-state index contributed by atoms with van der Waals surface area (Å²) in [5, 5.41) is 12.5. The van der Waals surface area contributed by atoms with E-state index in [0.717, 1.165) is 19.3 Å². The Morgan fingerprint density at radius 2 is 2.21 bits per heavy atom. The second kappa shape index (κ2) is 7.82. The summed E-state index contributed by atoms with van der Waals surface area (Å²) >= 11 is 0. The Balaban J connectivity index is 2.19. The minimum Gasteiger partial charge on any atom is -0.480 e. The van der Waals surface area contributed by atoms with Gasteiger partial charge in [-0.25, -0.2) is 0 Å². The molecule has 0 heterocycles. The first-order valence-corrected chi connectivity index (χ1v) is 7.18. The highest BCUT2D eigenvalue weighted by molar-refractivity contribution is 5.78. The summed E-state index contributed by atoms with van der Waals surface area (Å²) in [5.74, 6) is -0.776. The lowest BCUT2D eigenvalue weighted by Gasteiger charge is -2.26. The molecule has 5 heteroatoms. The molecule has 1 fully saturated rings. The Morgan fingerprint density at radius 3 is 2.74 bits per heavy atom. The van der Waals surface area contributed by atoms with E-state index in [4.69, 9.17) is 9.47 Å². The molecule has 2 N–H and O–H groups in total. The smallest absolute Gasteiger partial charge is 0.323 e. The fourth-order valence-electron chi connectivity index (χ4n) is 1.96. The zero-order chi connectivity index (χ0) is 14.3. The average Bonchev–Trinajstić information content (AvgIpc) is 3.15.